The molecule has 1 atom stereocenters. The normalized spacial score (nSPS) is 13.9. The molecule has 0 radical (unpaired) electrons. The number of nitrogens with zero attached hydrogens (tertiary/aromatic N) is 2. The molecule has 0 aliphatic rings. The van der Waals surface area contributed by atoms with Gasteiger partial charge in [0, 0.05) is 13.1 Å². The summed E-state index contributed by atoms with van der Waals surface area (Å²) in [4.78, 5) is 0. The fourth-order valence-electron chi connectivity index (χ4n) is 1.01. The molecule has 82 valence electrons. The average Bonchev–Trinajstić information content (AvgIpc) is 2.14. The summed E-state index contributed by atoms with van der Waals surface area (Å²) in [5.41, 5.74) is 0. The largest absolute Gasteiger partial charge is 0.214 e. The van der Waals surface area contributed by atoms with E-state index in [9.17, 15) is 8.42 Å². The standard InChI is InChI=1S/C9H18N2O2S/c1-4-5-8-14(12,13)11(3)9(2)6-7-10/h9H,4-6,8H2,1-3H3. The number of sulfonamides is 1. The van der Waals surface area contributed by atoms with Gasteiger partial charge in [0.15, 0.2) is 0 Å². The molecule has 0 aliphatic carbocycles. The maximum atomic E-state index is 11.6. The van der Waals surface area contributed by atoms with Crippen LogP contribution in [0.5, 0.6) is 0 Å². The zero-order chi connectivity index (χ0) is 11.2. The van der Waals surface area contributed by atoms with Crippen LogP contribution in [0.1, 0.15) is 33.1 Å². The number of rotatable bonds is 6. The van der Waals surface area contributed by atoms with Crippen molar-refractivity contribution >= 4 is 10.0 Å². The Morgan fingerprint density at radius 1 is 1.50 bits per heavy atom. The van der Waals surface area contributed by atoms with E-state index in [0.717, 1.165) is 6.42 Å². The van der Waals surface area contributed by atoms with Crippen LogP contribution in [0.15, 0.2) is 0 Å². The first-order chi connectivity index (χ1) is 6.45. The van der Waals surface area contributed by atoms with Gasteiger partial charge in [0.1, 0.15) is 0 Å². The van der Waals surface area contributed by atoms with Crippen molar-refractivity contribution in [2.24, 2.45) is 0 Å². The summed E-state index contributed by atoms with van der Waals surface area (Å²) in [6.45, 7) is 3.70. The Kier molecular flexibility index (Phi) is 5.73. The molecular formula is C9H18N2O2S. The van der Waals surface area contributed by atoms with Crippen LogP contribution >= 0.6 is 0 Å². The zero-order valence-electron chi connectivity index (χ0n) is 9.02. The molecule has 0 aromatic carbocycles. The lowest BCUT2D eigenvalue weighted by atomic mass is 10.3. The smallest absolute Gasteiger partial charge is 0.212 e. The number of nitriles is 1. The van der Waals surface area contributed by atoms with Gasteiger partial charge < -0.3 is 0 Å². The van der Waals surface area contributed by atoms with E-state index >= 15 is 0 Å². The zero-order valence-corrected chi connectivity index (χ0v) is 9.84. The minimum atomic E-state index is -3.16. The molecule has 0 heterocycles. The van der Waals surface area contributed by atoms with E-state index in [0.29, 0.717) is 6.42 Å². The van der Waals surface area contributed by atoms with Gasteiger partial charge in [0.25, 0.3) is 0 Å². The Morgan fingerprint density at radius 3 is 2.50 bits per heavy atom. The van der Waals surface area contributed by atoms with Crippen LogP contribution in [0.3, 0.4) is 0 Å². The minimum absolute atomic E-state index is 0.176. The summed E-state index contributed by atoms with van der Waals surface area (Å²) in [6, 6.07) is 1.74. The molecule has 0 N–H and O–H groups in total. The van der Waals surface area contributed by atoms with Gasteiger partial charge in [-0.15, -0.1) is 0 Å². The van der Waals surface area contributed by atoms with Crippen LogP contribution in [0.25, 0.3) is 0 Å². The maximum Gasteiger partial charge on any atom is 0.214 e. The lowest BCUT2D eigenvalue weighted by Gasteiger charge is -2.22. The van der Waals surface area contributed by atoms with Crippen LogP contribution in [0.4, 0.5) is 0 Å². The Morgan fingerprint density at radius 2 is 2.07 bits per heavy atom. The SMILES string of the molecule is CCCCS(=O)(=O)N(C)C(C)CC#N. The first-order valence-electron chi connectivity index (χ1n) is 4.78. The van der Waals surface area contributed by atoms with Gasteiger partial charge >= 0.3 is 0 Å². The molecule has 0 amide bonds. The molecule has 0 fully saturated rings. The van der Waals surface area contributed by atoms with Crippen LogP contribution in [-0.2, 0) is 10.0 Å². The van der Waals surface area contributed by atoms with Crippen molar-refractivity contribution in [3.8, 4) is 6.07 Å². The highest BCUT2D eigenvalue weighted by Crippen LogP contribution is 2.09. The molecule has 0 aromatic rings. The van der Waals surface area contributed by atoms with Gasteiger partial charge in [0.2, 0.25) is 10.0 Å². The number of unbranched alkanes of at least 4 members (excludes halogenated alkanes) is 1. The first kappa shape index (κ1) is 13.4. The van der Waals surface area contributed by atoms with Gasteiger partial charge in [0.05, 0.1) is 18.2 Å². The number of hydrogen-bond donors (Lipinski definition) is 0. The van der Waals surface area contributed by atoms with E-state index in [2.05, 4.69) is 0 Å². The fraction of sp³-hybridized carbons (Fsp3) is 0.889. The van der Waals surface area contributed by atoms with Crippen molar-refractivity contribution in [1.29, 1.82) is 5.26 Å². The highest BCUT2D eigenvalue weighted by atomic mass is 32.2. The second-order valence-corrected chi connectivity index (χ2v) is 5.55. The van der Waals surface area contributed by atoms with Gasteiger partial charge in [-0.3, -0.25) is 0 Å². The third-order valence-electron chi connectivity index (χ3n) is 2.20. The third-order valence-corrected chi connectivity index (χ3v) is 4.24. The molecule has 0 rings (SSSR count). The van der Waals surface area contributed by atoms with Gasteiger partial charge in [-0.2, -0.15) is 5.26 Å². The predicted octanol–water partition coefficient (Wildman–Crippen LogP) is 1.35. The van der Waals surface area contributed by atoms with Crippen molar-refractivity contribution in [1.82, 2.24) is 4.31 Å². The van der Waals surface area contributed by atoms with E-state index in [-0.39, 0.29) is 18.2 Å². The Balaban J connectivity index is 4.36. The second kappa shape index (κ2) is 5.99. The van der Waals surface area contributed by atoms with E-state index < -0.39 is 10.0 Å². The Bertz CT molecular complexity index is 292. The number of hydrogen-bond acceptors (Lipinski definition) is 3. The highest BCUT2D eigenvalue weighted by molar-refractivity contribution is 7.89. The summed E-state index contributed by atoms with van der Waals surface area (Å²) >= 11 is 0. The van der Waals surface area contributed by atoms with E-state index in [1.54, 1.807) is 6.92 Å². The van der Waals surface area contributed by atoms with Crippen LogP contribution in [0, 0.1) is 11.3 Å². The van der Waals surface area contributed by atoms with E-state index in [4.69, 9.17) is 5.26 Å². The summed E-state index contributed by atoms with van der Waals surface area (Å²) in [6.07, 6.45) is 1.77. The summed E-state index contributed by atoms with van der Waals surface area (Å²) in [7, 11) is -1.63. The quantitative estimate of drug-likeness (QED) is 0.676. The lowest BCUT2D eigenvalue weighted by molar-refractivity contribution is 0.392. The van der Waals surface area contributed by atoms with Crippen LogP contribution in [-0.4, -0.2) is 31.6 Å². The third kappa shape index (κ3) is 4.07. The topological polar surface area (TPSA) is 61.2 Å². The molecular weight excluding hydrogens is 200 g/mol. The van der Waals surface area contributed by atoms with Crippen LogP contribution in [0.2, 0.25) is 0 Å². The predicted molar refractivity (Wildman–Crippen MR) is 56.1 cm³/mol. The van der Waals surface area contributed by atoms with Crippen molar-refractivity contribution < 1.29 is 8.42 Å². The van der Waals surface area contributed by atoms with Gasteiger partial charge in [-0.25, -0.2) is 12.7 Å². The van der Waals surface area contributed by atoms with Crippen molar-refractivity contribution in [2.45, 2.75) is 39.2 Å². The van der Waals surface area contributed by atoms with Crippen molar-refractivity contribution in [3.63, 3.8) is 0 Å². The highest BCUT2D eigenvalue weighted by Gasteiger charge is 2.21. The second-order valence-electron chi connectivity index (χ2n) is 3.40. The molecule has 4 nitrogen and oxygen atoms in total. The summed E-state index contributed by atoms with van der Waals surface area (Å²) < 4.78 is 24.5. The molecule has 1 unspecified atom stereocenters. The molecule has 14 heavy (non-hydrogen) atoms. The molecule has 5 heteroatoms. The summed E-state index contributed by atoms with van der Waals surface area (Å²) in [5.74, 6) is 0.176. The lowest BCUT2D eigenvalue weighted by Crippen LogP contribution is -2.36. The van der Waals surface area contributed by atoms with E-state index in [1.807, 2.05) is 13.0 Å². The van der Waals surface area contributed by atoms with Crippen LogP contribution < -0.4 is 0 Å². The minimum Gasteiger partial charge on any atom is -0.212 e. The van der Waals surface area contributed by atoms with Crippen molar-refractivity contribution in [2.75, 3.05) is 12.8 Å². The first-order valence-corrected chi connectivity index (χ1v) is 6.39. The molecule has 0 bridgehead atoms. The van der Waals surface area contributed by atoms with Gasteiger partial charge in [-0.05, 0) is 13.3 Å². The molecule has 0 aliphatic heterocycles. The molecule has 0 saturated carbocycles. The Hall–Kier alpha value is -0.600. The molecule has 0 spiro atoms. The van der Waals surface area contributed by atoms with E-state index in [1.165, 1.54) is 11.4 Å². The summed E-state index contributed by atoms with van der Waals surface area (Å²) in [5, 5.41) is 8.46. The maximum absolute atomic E-state index is 11.6. The average molecular weight is 218 g/mol. The Labute approximate surface area is 86.6 Å². The molecule has 0 aromatic heterocycles. The van der Waals surface area contributed by atoms with Gasteiger partial charge in [-0.1, -0.05) is 13.3 Å². The fourth-order valence-corrected chi connectivity index (χ4v) is 2.57. The monoisotopic (exact) mass is 218 g/mol. The van der Waals surface area contributed by atoms with Crippen molar-refractivity contribution in [3.05, 3.63) is 0 Å². The molecule has 0 saturated heterocycles.